The Hall–Kier alpha value is -1.25. The summed E-state index contributed by atoms with van der Waals surface area (Å²) in [6.45, 7) is 0. The monoisotopic (exact) mass is 252 g/mol. The molecular weight excluding hydrogens is 237 g/mol. The molecule has 0 spiro atoms. The van der Waals surface area contributed by atoms with Crippen LogP contribution in [0.2, 0.25) is 0 Å². The minimum Gasteiger partial charge on any atom is -0.170 e. The van der Waals surface area contributed by atoms with Crippen LogP contribution in [0.25, 0.3) is 0 Å². The van der Waals surface area contributed by atoms with Gasteiger partial charge in [0.25, 0.3) is 0 Å². The molecule has 3 aliphatic carbocycles. The molecule has 0 amide bonds. The van der Waals surface area contributed by atoms with E-state index >= 15 is 0 Å². The van der Waals surface area contributed by atoms with E-state index in [1.807, 2.05) is 36.4 Å². The van der Waals surface area contributed by atoms with Crippen LogP contribution < -0.4 is 0 Å². The molecule has 0 unspecified atom stereocenters. The molecule has 0 atom stereocenters. The molecule has 3 aliphatic rings. The molecule has 0 N–H and O–H groups in total. The van der Waals surface area contributed by atoms with Gasteiger partial charge in [0.2, 0.25) is 0 Å². The first-order valence-electron chi connectivity index (χ1n) is 6.30. The first-order valence-corrected chi connectivity index (χ1v) is 6.30. The predicted octanol–water partition coefficient (Wildman–Crippen LogP) is 4.62. The number of allylic oxidation sites excluding steroid dienone is 2. The van der Waals surface area contributed by atoms with Gasteiger partial charge in [-0.15, -0.1) is 0 Å². The highest BCUT2D eigenvalue weighted by molar-refractivity contribution is 5.36. The Bertz CT molecular complexity index is 462. The largest absolute Gasteiger partial charge is 0.397 e. The summed E-state index contributed by atoms with van der Waals surface area (Å²) in [4.78, 5) is 0. The molecule has 0 saturated heterocycles. The highest BCUT2D eigenvalue weighted by atomic mass is 19.4. The summed E-state index contributed by atoms with van der Waals surface area (Å²) < 4.78 is 39.3. The molecule has 0 radical (unpaired) electrons. The van der Waals surface area contributed by atoms with Gasteiger partial charge in [-0.1, -0.05) is 42.5 Å². The average Bonchev–Trinajstić information content (AvgIpc) is 2.41. The molecule has 96 valence electrons. The van der Waals surface area contributed by atoms with Gasteiger partial charge in [0.15, 0.2) is 0 Å². The fourth-order valence-electron chi connectivity index (χ4n) is 3.33. The van der Waals surface area contributed by atoms with Crippen LogP contribution in [0, 0.1) is 5.41 Å². The molecule has 0 heterocycles. The van der Waals surface area contributed by atoms with E-state index in [0.717, 1.165) is 5.56 Å². The summed E-state index contributed by atoms with van der Waals surface area (Å²) in [6.07, 6.45) is 0.784. The first kappa shape index (κ1) is 11.8. The summed E-state index contributed by atoms with van der Waals surface area (Å²) >= 11 is 0. The quantitative estimate of drug-likeness (QED) is 0.640. The van der Waals surface area contributed by atoms with Crippen molar-refractivity contribution in [2.24, 2.45) is 5.41 Å². The van der Waals surface area contributed by atoms with Gasteiger partial charge in [-0.3, -0.25) is 0 Å². The van der Waals surface area contributed by atoms with Crippen molar-refractivity contribution in [2.75, 3.05) is 0 Å². The first-order chi connectivity index (χ1) is 8.48. The number of fused-ring (bicyclic) bond motifs is 2. The van der Waals surface area contributed by atoms with Crippen molar-refractivity contribution in [3.63, 3.8) is 0 Å². The number of hydrogen-bond acceptors (Lipinski definition) is 0. The standard InChI is InChI=1S/C15H15F3/c16-15(17,18)14-9-6-13(7-10-14,8-11-14)12-4-2-1-3-5-12/h1-6,9H,7-8,10-11H2. The zero-order valence-electron chi connectivity index (χ0n) is 10.0. The fraction of sp³-hybridized carbons (Fsp3) is 0.467. The van der Waals surface area contributed by atoms with Gasteiger partial charge in [0.1, 0.15) is 0 Å². The van der Waals surface area contributed by atoms with Gasteiger partial charge in [-0.25, -0.2) is 0 Å². The highest BCUT2D eigenvalue weighted by Crippen LogP contribution is 2.59. The van der Waals surface area contributed by atoms with Crippen LogP contribution in [0.4, 0.5) is 13.2 Å². The topological polar surface area (TPSA) is 0 Å². The molecule has 2 bridgehead atoms. The van der Waals surface area contributed by atoms with Gasteiger partial charge in [-0.05, 0) is 31.2 Å². The van der Waals surface area contributed by atoms with Crippen molar-refractivity contribution in [1.29, 1.82) is 0 Å². The third kappa shape index (κ3) is 1.53. The summed E-state index contributed by atoms with van der Waals surface area (Å²) in [7, 11) is 0. The Balaban J connectivity index is 1.99. The maximum absolute atomic E-state index is 13.1. The second kappa shape index (κ2) is 3.62. The molecule has 18 heavy (non-hydrogen) atoms. The maximum Gasteiger partial charge on any atom is 0.397 e. The number of alkyl halides is 3. The smallest absolute Gasteiger partial charge is 0.170 e. The van der Waals surface area contributed by atoms with Crippen molar-refractivity contribution in [1.82, 2.24) is 0 Å². The second-order valence-electron chi connectivity index (χ2n) is 5.51. The Kier molecular flexibility index (Phi) is 2.38. The lowest BCUT2D eigenvalue weighted by molar-refractivity contribution is -0.220. The molecule has 0 nitrogen and oxygen atoms in total. The van der Waals surface area contributed by atoms with Gasteiger partial charge in [0.05, 0.1) is 5.41 Å². The molecular formula is C15H15F3. The van der Waals surface area contributed by atoms with Gasteiger partial charge >= 0.3 is 6.18 Å². The molecule has 1 saturated carbocycles. The zero-order valence-corrected chi connectivity index (χ0v) is 10.0. The van der Waals surface area contributed by atoms with Crippen LogP contribution >= 0.6 is 0 Å². The summed E-state index contributed by atoms with van der Waals surface area (Å²) in [6, 6.07) is 9.90. The van der Waals surface area contributed by atoms with Gasteiger partial charge < -0.3 is 0 Å². The average molecular weight is 252 g/mol. The molecule has 3 heteroatoms. The van der Waals surface area contributed by atoms with Crippen molar-refractivity contribution < 1.29 is 13.2 Å². The minimum absolute atomic E-state index is 0.158. The van der Waals surface area contributed by atoms with Crippen LogP contribution in [0.5, 0.6) is 0 Å². The van der Waals surface area contributed by atoms with Gasteiger partial charge in [0, 0.05) is 5.41 Å². The molecule has 1 fully saturated rings. The van der Waals surface area contributed by atoms with Crippen LogP contribution in [-0.4, -0.2) is 6.18 Å². The molecule has 0 aliphatic heterocycles. The lowest BCUT2D eigenvalue weighted by Gasteiger charge is -2.49. The van der Waals surface area contributed by atoms with Crippen LogP contribution in [0.1, 0.15) is 31.2 Å². The third-order valence-corrected chi connectivity index (χ3v) is 4.67. The van der Waals surface area contributed by atoms with E-state index in [9.17, 15) is 13.2 Å². The fourth-order valence-corrected chi connectivity index (χ4v) is 3.33. The molecule has 0 aromatic heterocycles. The lowest BCUT2D eigenvalue weighted by Crippen LogP contribution is -2.47. The SMILES string of the molecule is FC(F)(F)C12C=CC(c3ccccc3)(CC1)CC2. The minimum atomic E-state index is -4.10. The third-order valence-electron chi connectivity index (χ3n) is 4.67. The number of hydrogen-bond donors (Lipinski definition) is 0. The van der Waals surface area contributed by atoms with Crippen molar-refractivity contribution in [3.8, 4) is 0 Å². The zero-order chi connectivity index (χ0) is 12.9. The number of rotatable bonds is 1. The molecule has 1 aromatic rings. The Morgan fingerprint density at radius 3 is 1.89 bits per heavy atom. The number of halogens is 3. The summed E-state index contributed by atoms with van der Waals surface area (Å²) in [5, 5.41) is 0. The Morgan fingerprint density at radius 1 is 0.833 bits per heavy atom. The van der Waals surface area contributed by atoms with Crippen molar-refractivity contribution in [3.05, 3.63) is 48.0 Å². The van der Waals surface area contributed by atoms with E-state index < -0.39 is 11.6 Å². The summed E-state index contributed by atoms with van der Waals surface area (Å²) in [5.41, 5.74) is -0.561. The van der Waals surface area contributed by atoms with E-state index in [1.165, 1.54) is 6.08 Å². The van der Waals surface area contributed by atoms with E-state index in [0.29, 0.717) is 12.8 Å². The van der Waals surface area contributed by atoms with Crippen molar-refractivity contribution >= 4 is 0 Å². The van der Waals surface area contributed by atoms with E-state index in [-0.39, 0.29) is 18.3 Å². The maximum atomic E-state index is 13.1. The van der Waals surface area contributed by atoms with Crippen LogP contribution in [-0.2, 0) is 5.41 Å². The van der Waals surface area contributed by atoms with Crippen LogP contribution in [0.15, 0.2) is 42.5 Å². The van der Waals surface area contributed by atoms with E-state index in [4.69, 9.17) is 0 Å². The van der Waals surface area contributed by atoms with E-state index in [1.54, 1.807) is 0 Å². The number of benzene rings is 1. The normalized spacial score (nSPS) is 34.8. The van der Waals surface area contributed by atoms with E-state index in [2.05, 4.69) is 0 Å². The summed E-state index contributed by atoms with van der Waals surface area (Å²) in [5.74, 6) is 0. The predicted molar refractivity (Wildman–Crippen MR) is 64.2 cm³/mol. The highest BCUT2D eigenvalue weighted by Gasteiger charge is 2.58. The second-order valence-corrected chi connectivity index (χ2v) is 5.51. The van der Waals surface area contributed by atoms with Crippen LogP contribution in [0.3, 0.4) is 0 Å². The Labute approximate surface area is 105 Å². The Morgan fingerprint density at radius 2 is 1.44 bits per heavy atom. The van der Waals surface area contributed by atoms with Crippen molar-refractivity contribution in [2.45, 2.75) is 37.3 Å². The molecule has 4 rings (SSSR count). The lowest BCUT2D eigenvalue weighted by atomic mass is 9.56. The molecule has 1 aromatic carbocycles. The van der Waals surface area contributed by atoms with Gasteiger partial charge in [-0.2, -0.15) is 13.2 Å².